The zero-order chi connectivity index (χ0) is 13.1. The molecule has 18 heavy (non-hydrogen) atoms. The highest BCUT2D eigenvalue weighted by Gasteiger charge is 2.16. The van der Waals surface area contributed by atoms with Crippen LogP contribution in [0.3, 0.4) is 0 Å². The lowest BCUT2D eigenvalue weighted by molar-refractivity contribution is -0.00343. The van der Waals surface area contributed by atoms with E-state index in [0.29, 0.717) is 11.6 Å². The Morgan fingerprint density at radius 2 is 2.06 bits per heavy atom. The summed E-state index contributed by atoms with van der Waals surface area (Å²) >= 11 is 6.15. The van der Waals surface area contributed by atoms with Crippen molar-refractivity contribution in [2.75, 3.05) is 6.54 Å². The van der Waals surface area contributed by atoms with Gasteiger partial charge in [0.15, 0.2) is 0 Å². The molecule has 0 bridgehead atoms. The highest BCUT2D eigenvalue weighted by molar-refractivity contribution is 6.36. The Balaban J connectivity index is 2.02. The van der Waals surface area contributed by atoms with Crippen molar-refractivity contribution in [2.24, 2.45) is 0 Å². The summed E-state index contributed by atoms with van der Waals surface area (Å²) < 4.78 is 24.2. The molecule has 1 heterocycles. The lowest BCUT2D eigenvalue weighted by Crippen LogP contribution is -2.31. The number of rotatable bonds is 5. The smallest absolute Gasteiger partial charge is 0.265 e. The fourth-order valence-electron chi connectivity index (χ4n) is 1.72. The molecule has 3 N–H and O–H groups in total. The molecule has 6 heteroatoms. The van der Waals surface area contributed by atoms with Crippen molar-refractivity contribution in [1.82, 2.24) is 10.3 Å². The number of hydrogen-bond acceptors (Lipinski definition) is 2. The number of halogens is 3. The summed E-state index contributed by atoms with van der Waals surface area (Å²) in [4.78, 5) is 3.10. The number of nitrogens with one attached hydrogen (secondary N) is 2. The lowest BCUT2D eigenvalue weighted by Gasteiger charge is -2.09. The molecule has 1 aromatic carbocycles. The Morgan fingerprint density at radius 1 is 1.33 bits per heavy atom. The van der Waals surface area contributed by atoms with Gasteiger partial charge in [0.1, 0.15) is 6.10 Å². The second-order valence-electron chi connectivity index (χ2n) is 4.00. The molecule has 2 aromatic rings. The molecular formula is C12H13ClF2N2O. The van der Waals surface area contributed by atoms with Crippen molar-refractivity contribution in [2.45, 2.75) is 19.1 Å². The Bertz CT molecular complexity index is 530. The van der Waals surface area contributed by atoms with Gasteiger partial charge in [-0.05, 0) is 6.07 Å². The maximum atomic E-state index is 12.1. The molecule has 1 atom stereocenters. The summed E-state index contributed by atoms with van der Waals surface area (Å²) in [6.45, 7) is 0.126. The molecular weight excluding hydrogens is 262 g/mol. The maximum Gasteiger partial charge on any atom is 0.265 e. The summed E-state index contributed by atoms with van der Waals surface area (Å²) in [5.74, 6) is 0. The average Bonchev–Trinajstić information content (AvgIpc) is 2.67. The van der Waals surface area contributed by atoms with Crippen LogP contribution in [0.2, 0.25) is 5.02 Å². The number of aromatic amines is 1. The van der Waals surface area contributed by atoms with Gasteiger partial charge in [0.2, 0.25) is 0 Å². The Hall–Kier alpha value is -1.17. The SMILES string of the molecule is OC(CNCc1[nH]c2ccccc2c1Cl)C(F)F. The van der Waals surface area contributed by atoms with E-state index in [4.69, 9.17) is 16.7 Å². The predicted molar refractivity (Wildman–Crippen MR) is 67.0 cm³/mol. The molecule has 0 fully saturated rings. The number of H-pyrrole nitrogens is 1. The molecule has 0 aliphatic rings. The molecule has 0 saturated carbocycles. The van der Waals surface area contributed by atoms with Crippen LogP contribution in [0.15, 0.2) is 24.3 Å². The van der Waals surface area contributed by atoms with Crippen molar-refractivity contribution in [3.8, 4) is 0 Å². The van der Waals surface area contributed by atoms with Crippen LogP contribution in [0, 0.1) is 0 Å². The molecule has 0 aliphatic carbocycles. The highest BCUT2D eigenvalue weighted by atomic mass is 35.5. The normalized spacial score (nSPS) is 13.4. The van der Waals surface area contributed by atoms with E-state index in [0.717, 1.165) is 16.6 Å². The number of hydrogen-bond donors (Lipinski definition) is 3. The predicted octanol–water partition coefficient (Wildman–Crippen LogP) is 2.54. The Morgan fingerprint density at radius 3 is 2.72 bits per heavy atom. The minimum absolute atomic E-state index is 0.177. The number of aliphatic hydroxyl groups excluding tert-OH is 1. The van der Waals surface area contributed by atoms with Crippen LogP contribution >= 0.6 is 11.6 Å². The van der Waals surface area contributed by atoms with E-state index in [1.807, 2.05) is 24.3 Å². The topological polar surface area (TPSA) is 48.0 Å². The number of alkyl halides is 2. The maximum absolute atomic E-state index is 12.1. The van der Waals surface area contributed by atoms with Gasteiger partial charge in [-0.15, -0.1) is 0 Å². The quantitative estimate of drug-likeness (QED) is 0.785. The second-order valence-corrected chi connectivity index (χ2v) is 4.37. The number of fused-ring (bicyclic) bond motifs is 1. The zero-order valence-electron chi connectivity index (χ0n) is 9.46. The number of para-hydroxylation sites is 1. The minimum atomic E-state index is -2.74. The van der Waals surface area contributed by atoms with Gasteiger partial charge >= 0.3 is 0 Å². The highest BCUT2D eigenvalue weighted by Crippen LogP contribution is 2.26. The van der Waals surface area contributed by atoms with Gasteiger partial charge in [0.25, 0.3) is 6.43 Å². The molecule has 0 amide bonds. The van der Waals surface area contributed by atoms with Crippen LogP contribution in [-0.4, -0.2) is 29.2 Å². The molecule has 98 valence electrons. The summed E-state index contributed by atoms with van der Waals surface area (Å²) in [6, 6.07) is 7.52. The molecule has 0 saturated heterocycles. The first kappa shape index (κ1) is 13.3. The third kappa shape index (κ3) is 2.80. The summed E-state index contributed by atoms with van der Waals surface area (Å²) in [5, 5.41) is 13.2. The van der Waals surface area contributed by atoms with E-state index in [9.17, 15) is 8.78 Å². The van der Waals surface area contributed by atoms with Gasteiger partial charge in [-0.25, -0.2) is 8.78 Å². The van der Waals surface area contributed by atoms with Crippen LogP contribution < -0.4 is 5.32 Å². The van der Waals surface area contributed by atoms with Gasteiger partial charge < -0.3 is 15.4 Å². The first-order valence-electron chi connectivity index (χ1n) is 5.51. The lowest BCUT2D eigenvalue weighted by atomic mass is 10.2. The van der Waals surface area contributed by atoms with E-state index in [2.05, 4.69) is 10.3 Å². The van der Waals surface area contributed by atoms with E-state index in [1.54, 1.807) is 0 Å². The second kappa shape index (κ2) is 5.65. The van der Waals surface area contributed by atoms with Crippen LogP contribution in [0.1, 0.15) is 5.69 Å². The number of aliphatic hydroxyl groups is 1. The fourth-order valence-corrected chi connectivity index (χ4v) is 2.00. The van der Waals surface area contributed by atoms with Crippen LogP contribution in [-0.2, 0) is 6.54 Å². The first-order valence-corrected chi connectivity index (χ1v) is 5.89. The van der Waals surface area contributed by atoms with Crippen LogP contribution in [0.25, 0.3) is 10.9 Å². The van der Waals surface area contributed by atoms with E-state index >= 15 is 0 Å². The van der Waals surface area contributed by atoms with E-state index in [1.165, 1.54) is 0 Å². The molecule has 2 rings (SSSR count). The Kier molecular flexibility index (Phi) is 4.16. The van der Waals surface area contributed by atoms with Crippen LogP contribution in [0.4, 0.5) is 8.78 Å². The van der Waals surface area contributed by atoms with Gasteiger partial charge in [-0.2, -0.15) is 0 Å². The van der Waals surface area contributed by atoms with Gasteiger partial charge in [-0.1, -0.05) is 29.8 Å². The van der Waals surface area contributed by atoms with Crippen molar-refractivity contribution >= 4 is 22.5 Å². The van der Waals surface area contributed by atoms with Crippen LogP contribution in [0.5, 0.6) is 0 Å². The average molecular weight is 275 g/mol. The number of benzene rings is 1. The molecule has 1 unspecified atom stereocenters. The monoisotopic (exact) mass is 274 g/mol. The fraction of sp³-hybridized carbons (Fsp3) is 0.333. The third-order valence-electron chi connectivity index (χ3n) is 2.66. The van der Waals surface area contributed by atoms with Crippen molar-refractivity contribution in [1.29, 1.82) is 0 Å². The zero-order valence-corrected chi connectivity index (χ0v) is 10.2. The van der Waals surface area contributed by atoms with Gasteiger partial charge in [-0.3, -0.25) is 0 Å². The summed E-state index contributed by atoms with van der Waals surface area (Å²) in [5.41, 5.74) is 1.62. The summed E-state index contributed by atoms with van der Waals surface area (Å²) in [6.07, 6.45) is -4.40. The standard InChI is InChI=1S/C12H13ClF2N2O/c13-11-7-3-1-2-4-8(7)17-9(11)5-16-6-10(18)12(14)15/h1-4,10,12,16-18H,5-6H2. The third-order valence-corrected chi connectivity index (χ3v) is 3.09. The molecule has 3 nitrogen and oxygen atoms in total. The molecule has 1 aromatic heterocycles. The van der Waals surface area contributed by atoms with Crippen molar-refractivity contribution < 1.29 is 13.9 Å². The van der Waals surface area contributed by atoms with Crippen molar-refractivity contribution in [3.05, 3.63) is 35.0 Å². The summed E-state index contributed by atoms with van der Waals surface area (Å²) in [7, 11) is 0. The minimum Gasteiger partial charge on any atom is -0.386 e. The largest absolute Gasteiger partial charge is 0.386 e. The molecule has 0 radical (unpaired) electrons. The van der Waals surface area contributed by atoms with Gasteiger partial charge in [0.05, 0.1) is 5.02 Å². The van der Waals surface area contributed by atoms with Crippen molar-refractivity contribution in [3.63, 3.8) is 0 Å². The molecule has 0 spiro atoms. The molecule has 0 aliphatic heterocycles. The first-order chi connectivity index (χ1) is 8.59. The Labute approximate surface area is 108 Å². The number of aromatic nitrogens is 1. The van der Waals surface area contributed by atoms with E-state index in [-0.39, 0.29) is 6.54 Å². The van der Waals surface area contributed by atoms with E-state index < -0.39 is 12.5 Å². The van der Waals surface area contributed by atoms with Gasteiger partial charge in [0, 0.05) is 29.7 Å².